The molecule has 0 aliphatic carbocycles. The largest absolute Gasteiger partial charge is 0.454 e. The van der Waals surface area contributed by atoms with E-state index in [1.807, 2.05) is 23.7 Å². The molecule has 13 heavy (non-hydrogen) atoms. The highest BCUT2D eigenvalue weighted by Crippen LogP contribution is 2.36. The van der Waals surface area contributed by atoms with E-state index in [2.05, 4.69) is 12.4 Å². The first kappa shape index (κ1) is 6.83. The number of nitrogens with zero attached hydrogens (tertiary/aromatic N) is 1. The molecule has 0 radical (unpaired) electrons. The Bertz CT molecular complexity index is 432. The summed E-state index contributed by atoms with van der Waals surface area (Å²) >= 11 is 0. The molecule has 0 amide bonds. The van der Waals surface area contributed by atoms with E-state index in [0.29, 0.717) is 6.79 Å². The number of aryl methyl sites for hydroxylation is 1. The zero-order valence-electron chi connectivity index (χ0n) is 7.28. The quantitative estimate of drug-likeness (QED) is 0.610. The average molecular weight is 175 g/mol. The number of hydrogen-bond acceptors (Lipinski definition) is 2. The second-order valence-corrected chi connectivity index (χ2v) is 3.26. The van der Waals surface area contributed by atoms with Crippen molar-refractivity contribution in [3.05, 3.63) is 24.5 Å². The fourth-order valence-electron chi connectivity index (χ4n) is 1.67. The van der Waals surface area contributed by atoms with Crippen molar-refractivity contribution in [1.29, 1.82) is 0 Å². The Balaban J connectivity index is 2.35. The van der Waals surface area contributed by atoms with Crippen molar-refractivity contribution < 1.29 is 9.47 Å². The Morgan fingerprint density at radius 3 is 2.15 bits per heavy atom. The van der Waals surface area contributed by atoms with Crippen LogP contribution in [0.15, 0.2) is 24.5 Å². The third-order valence-corrected chi connectivity index (χ3v) is 2.26. The van der Waals surface area contributed by atoms with Crippen LogP contribution >= 0.6 is 0 Å². The predicted octanol–water partition coefficient (Wildman–Crippen LogP) is 1.91. The van der Waals surface area contributed by atoms with Gasteiger partial charge in [0.1, 0.15) is 0 Å². The minimum absolute atomic E-state index is 0.341. The molecule has 1 aromatic carbocycles. The van der Waals surface area contributed by atoms with Gasteiger partial charge in [0.2, 0.25) is 6.79 Å². The minimum Gasteiger partial charge on any atom is -0.454 e. The molecule has 1 aliphatic heterocycles. The zero-order chi connectivity index (χ0) is 8.84. The molecular weight excluding hydrogens is 166 g/mol. The lowest BCUT2D eigenvalue weighted by Crippen LogP contribution is -1.92. The third-order valence-electron chi connectivity index (χ3n) is 2.26. The van der Waals surface area contributed by atoms with Crippen LogP contribution in [0.25, 0.3) is 10.8 Å². The Labute approximate surface area is 75.5 Å². The van der Waals surface area contributed by atoms with E-state index in [9.17, 15) is 0 Å². The van der Waals surface area contributed by atoms with Crippen LogP contribution < -0.4 is 9.47 Å². The van der Waals surface area contributed by atoms with Crippen molar-refractivity contribution in [2.75, 3.05) is 6.79 Å². The fourth-order valence-corrected chi connectivity index (χ4v) is 1.67. The molecule has 3 nitrogen and oxygen atoms in total. The Kier molecular flexibility index (Phi) is 1.15. The van der Waals surface area contributed by atoms with E-state index in [1.54, 1.807) is 0 Å². The molecule has 2 aromatic rings. The third kappa shape index (κ3) is 0.900. The molecule has 0 fully saturated rings. The van der Waals surface area contributed by atoms with Crippen LogP contribution in [0.4, 0.5) is 0 Å². The number of aromatic nitrogens is 1. The standard InChI is InChI=1S/C10H9NO2/c1-11-4-7-2-9-10(13-6-12-9)3-8(7)5-11/h2-5H,6H2,1H3. The number of ether oxygens (including phenoxy) is 2. The first-order valence-electron chi connectivity index (χ1n) is 4.18. The van der Waals surface area contributed by atoms with Gasteiger partial charge in [-0.25, -0.2) is 0 Å². The molecule has 66 valence electrons. The lowest BCUT2D eigenvalue weighted by molar-refractivity contribution is 0.174. The summed E-state index contributed by atoms with van der Waals surface area (Å²) in [5.74, 6) is 1.69. The molecule has 3 heteroatoms. The van der Waals surface area contributed by atoms with E-state index in [-0.39, 0.29) is 0 Å². The highest BCUT2D eigenvalue weighted by atomic mass is 16.7. The van der Waals surface area contributed by atoms with Crippen LogP contribution in [0, 0.1) is 0 Å². The highest BCUT2D eigenvalue weighted by Gasteiger charge is 2.14. The first-order valence-corrected chi connectivity index (χ1v) is 4.18. The molecule has 0 spiro atoms. The second kappa shape index (κ2) is 2.19. The molecule has 0 saturated heterocycles. The summed E-state index contributed by atoms with van der Waals surface area (Å²) in [6, 6.07) is 4.02. The molecular formula is C10H9NO2. The van der Waals surface area contributed by atoms with Crippen LogP contribution in [-0.4, -0.2) is 11.4 Å². The summed E-state index contributed by atoms with van der Waals surface area (Å²) in [4.78, 5) is 0. The average Bonchev–Trinajstić information content (AvgIpc) is 2.63. The van der Waals surface area contributed by atoms with Crippen molar-refractivity contribution in [1.82, 2.24) is 4.57 Å². The second-order valence-electron chi connectivity index (χ2n) is 3.26. The Morgan fingerprint density at radius 1 is 1.08 bits per heavy atom. The normalized spacial score (nSPS) is 13.9. The molecule has 3 rings (SSSR count). The van der Waals surface area contributed by atoms with Gasteiger partial charge in [0.25, 0.3) is 0 Å². The molecule has 1 aromatic heterocycles. The molecule has 1 aliphatic rings. The first-order chi connectivity index (χ1) is 6.33. The van der Waals surface area contributed by atoms with Gasteiger partial charge in [-0.3, -0.25) is 0 Å². The Hall–Kier alpha value is -1.64. The summed E-state index contributed by atoms with van der Waals surface area (Å²) in [6.07, 6.45) is 4.13. The number of fused-ring (bicyclic) bond motifs is 2. The summed E-state index contributed by atoms with van der Waals surface area (Å²) in [5, 5.41) is 2.37. The maximum absolute atomic E-state index is 5.28. The molecule has 2 heterocycles. The maximum atomic E-state index is 5.28. The van der Waals surface area contributed by atoms with E-state index in [0.717, 1.165) is 11.5 Å². The zero-order valence-corrected chi connectivity index (χ0v) is 7.28. The lowest BCUT2D eigenvalue weighted by atomic mass is 10.2. The molecule has 0 unspecified atom stereocenters. The van der Waals surface area contributed by atoms with Gasteiger partial charge in [0, 0.05) is 30.2 Å². The van der Waals surface area contributed by atoms with Crippen molar-refractivity contribution in [2.24, 2.45) is 7.05 Å². The number of rotatable bonds is 0. The van der Waals surface area contributed by atoms with Crippen molar-refractivity contribution >= 4 is 10.8 Å². The van der Waals surface area contributed by atoms with Crippen LogP contribution in [0.3, 0.4) is 0 Å². The van der Waals surface area contributed by atoms with Crippen LogP contribution in [0.1, 0.15) is 0 Å². The van der Waals surface area contributed by atoms with Crippen molar-refractivity contribution in [2.45, 2.75) is 0 Å². The molecule has 0 saturated carbocycles. The number of hydrogen-bond donors (Lipinski definition) is 0. The van der Waals surface area contributed by atoms with Gasteiger partial charge in [-0.05, 0) is 12.1 Å². The van der Waals surface area contributed by atoms with E-state index in [1.165, 1.54) is 10.8 Å². The van der Waals surface area contributed by atoms with Gasteiger partial charge in [-0.2, -0.15) is 0 Å². The molecule has 0 atom stereocenters. The highest BCUT2D eigenvalue weighted by molar-refractivity contribution is 5.86. The van der Waals surface area contributed by atoms with Crippen LogP contribution in [-0.2, 0) is 7.05 Å². The van der Waals surface area contributed by atoms with Crippen LogP contribution in [0.5, 0.6) is 11.5 Å². The van der Waals surface area contributed by atoms with Gasteiger partial charge in [0.05, 0.1) is 0 Å². The maximum Gasteiger partial charge on any atom is 0.231 e. The van der Waals surface area contributed by atoms with Gasteiger partial charge >= 0.3 is 0 Å². The molecule has 0 bridgehead atoms. The summed E-state index contributed by atoms with van der Waals surface area (Å²) in [7, 11) is 2.01. The van der Waals surface area contributed by atoms with Crippen LogP contribution in [0.2, 0.25) is 0 Å². The summed E-state index contributed by atoms with van der Waals surface area (Å²) in [5.41, 5.74) is 0. The smallest absolute Gasteiger partial charge is 0.231 e. The topological polar surface area (TPSA) is 23.4 Å². The van der Waals surface area contributed by atoms with Gasteiger partial charge < -0.3 is 14.0 Å². The van der Waals surface area contributed by atoms with Crippen molar-refractivity contribution in [3.8, 4) is 11.5 Å². The lowest BCUT2D eigenvalue weighted by Gasteiger charge is -1.94. The predicted molar refractivity (Wildman–Crippen MR) is 49.0 cm³/mol. The van der Waals surface area contributed by atoms with Gasteiger partial charge in [-0.1, -0.05) is 0 Å². The summed E-state index contributed by atoms with van der Waals surface area (Å²) in [6.45, 7) is 0.341. The summed E-state index contributed by atoms with van der Waals surface area (Å²) < 4.78 is 12.6. The van der Waals surface area contributed by atoms with Crippen molar-refractivity contribution in [3.63, 3.8) is 0 Å². The Morgan fingerprint density at radius 2 is 1.62 bits per heavy atom. The monoisotopic (exact) mass is 175 g/mol. The van der Waals surface area contributed by atoms with E-state index >= 15 is 0 Å². The van der Waals surface area contributed by atoms with Gasteiger partial charge in [0.15, 0.2) is 11.5 Å². The van der Waals surface area contributed by atoms with E-state index < -0.39 is 0 Å². The molecule has 0 N–H and O–H groups in total. The van der Waals surface area contributed by atoms with E-state index in [4.69, 9.17) is 9.47 Å². The van der Waals surface area contributed by atoms with Gasteiger partial charge in [-0.15, -0.1) is 0 Å². The number of benzene rings is 1. The fraction of sp³-hybridized carbons (Fsp3) is 0.200. The SMILES string of the molecule is Cn1cc2cc3c(cc2c1)OCO3. The minimum atomic E-state index is 0.341.